The standard InChI is InChI=1S/C19H20BrNO4S/c1-26(23,24)11-10-25-17-7-3-6-16(13-17)21-18(22)19(8-9-19)14-4-2-5-15(20)12-14/h2-7,12-13H,8-11H2,1H3,(H,21,22). The maximum atomic E-state index is 12.8. The Labute approximate surface area is 161 Å². The van der Waals surface area contributed by atoms with E-state index in [0.29, 0.717) is 11.4 Å². The molecule has 1 aliphatic rings. The molecule has 1 N–H and O–H groups in total. The highest BCUT2D eigenvalue weighted by molar-refractivity contribution is 9.10. The molecule has 0 aliphatic heterocycles. The van der Waals surface area contributed by atoms with E-state index >= 15 is 0 Å². The number of hydrogen-bond acceptors (Lipinski definition) is 4. The minimum atomic E-state index is -3.07. The monoisotopic (exact) mass is 437 g/mol. The van der Waals surface area contributed by atoms with E-state index in [1.54, 1.807) is 24.3 Å². The smallest absolute Gasteiger partial charge is 0.235 e. The molecule has 7 heteroatoms. The first-order chi connectivity index (χ1) is 12.3. The van der Waals surface area contributed by atoms with Gasteiger partial charge in [0.2, 0.25) is 5.91 Å². The third kappa shape index (κ3) is 4.65. The van der Waals surface area contributed by atoms with Gasteiger partial charge in [-0.15, -0.1) is 0 Å². The van der Waals surface area contributed by atoms with Crippen LogP contribution in [0.2, 0.25) is 0 Å². The fraction of sp³-hybridized carbons (Fsp3) is 0.316. The molecule has 0 atom stereocenters. The maximum Gasteiger partial charge on any atom is 0.235 e. The minimum absolute atomic E-state index is 0.0381. The molecule has 1 aliphatic carbocycles. The largest absolute Gasteiger partial charge is 0.492 e. The van der Waals surface area contributed by atoms with Crippen LogP contribution in [0.4, 0.5) is 5.69 Å². The SMILES string of the molecule is CS(=O)(=O)CCOc1cccc(NC(=O)C2(c3cccc(Br)c3)CC2)c1. The Morgan fingerprint density at radius 3 is 2.58 bits per heavy atom. The number of benzene rings is 2. The summed E-state index contributed by atoms with van der Waals surface area (Å²) >= 11 is 3.45. The van der Waals surface area contributed by atoms with Crippen molar-refractivity contribution in [2.24, 2.45) is 0 Å². The van der Waals surface area contributed by atoms with Crippen LogP contribution >= 0.6 is 15.9 Å². The van der Waals surface area contributed by atoms with E-state index < -0.39 is 15.3 Å². The van der Waals surface area contributed by atoms with Gasteiger partial charge in [0.25, 0.3) is 0 Å². The second-order valence-corrected chi connectivity index (χ2v) is 9.73. The summed E-state index contributed by atoms with van der Waals surface area (Å²) in [5.41, 5.74) is 1.16. The number of hydrogen-bond donors (Lipinski definition) is 1. The molecule has 0 heterocycles. The van der Waals surface area contributed by atoms with Crippen molar-refractivity contribution in [3.63, 3.8) is 0 Å². The van der Waals surface area contributed by atoms with Crippen molar-refractivity contribution in [1.82, 2.24) is 0 Å². The highest BCUT2D eigenvalue weighted by Gasteiger charge is 2.51. The predicted molar refractivity (Wildman–Crippen MR) is 105 cm³/mol. The van der Waals surface area contributed by atoms with Gasteiger partial charge in [0.1, 0.15) is 12.4 Å². The zero-order valence-electron chi connectivity index (χ0n) is 14.4. The number of anilines is 1. The van der Waals surface area contributed by atoms with Gasteiger partial charge in [-0.2, -0.15) is 0 Å². The fourth-order valence-electron chi connectivity index (χ4n) is 2.78. The van der Waals surface area contributed by atoms with Crippen LogP contribution in [0.5, 0.6) is 5.75 Å². The number of sulfone groups is 1. The summed E-state index contributed by atoms with van der Waals surface area (Å²) in [4.78, 5) is 12.8. The van der Waals surface area contributed by atoms with E-state index in [1.165, 1.54) is 6.26 Å². The van der Waals surface area contributed by atoms with E-state index in [0.717, 1.165) is 22.9 Å². The van der Waals surface area contributed by atoms with Crippen molar-refractivity contribution < 1.29 is 17.9 Å². The summed E-state index contributed by atoms with van der Waals surface area (Å²) in [5, 5.41) is 2.96. The zero-order valence-corrected chi connectivity index (χ0v) is 16.8. The van der Waals surface area contributed by atoms with Gasteiger partial charge in [-0.25, -0.2) is 8.42 Å². The highest BCUT2D eigenvalue weighted by Crippen LogP contribution is 2.49. The molecule has 2 aromatic carbocycles. The van der Waals surface area contributed by atoms with Crippen LogP contribution in [0.3, 0.4) is 0 Å². The Balaban J connectivity index is 1.67. The van der Waals surface area contributed by atoms with E-state index in [1.807, 2.05) is 24.3 Å². The molecule has 1 fully saturated rings. The summed E-state index contributed by atoms with van der Waals surface area (Å²) in [6, 6.07) is 14.8. The molecule has 3 rings (SSSR count). The molecule has 0 unspecified atom stereocenters. The molecule has 26 heavy (non-hydrogen) atoms. The zero-order chi connectivity index (χ0) is 18.8. The quantitative estimate of drug-likeness (QED) is 0.718. The lowest BCUT2D eigenvalue weighted by Crippen LogP contribution is -2.27. The van der Waals surface area contributed by atoms with Crippen LogP contribution in [0, 0.1) is 0 Å². The Morgan fingerprint density at radius 2 is 1.92 bits per heavy atom. The summed E-state index contributed by atoms with van der Waals surface area (Å²) in [6.45, 7) is 0.0816. The Bertz CT molecular complexity index is 923. The molecule has 0 aromatic heterocycles. The van der Waals surface area contributed by atoms with Crippen molar-refractivity contribution in [1.29, 1.82) is 0 Å². The minimum Gasteiger partial charge on any atom is -0.492 e. The molecular formula is C19H20BrNO4S. The average molecular weight is 438 g/mol. The lowest BCUT2D eigenvalue weighted by molar-refractivity contribution is -0.118. The van der Waals surface area contributed by atoms with Gasteiger partial charge in [-0.3, -0.25) is 4.79 Å². The molecule has 138 valence electrons. The predicted octanol–water partition coefficient (Wildman–Crippen LogP) is 3.54. The molecule has 0 spiro atoms. The van der Waals surface area contributed by atoms with Gasteiger partial charge in [-0.05, 0) is 42.7 Å². The van der Waals surface area contributed by atoms with Crippen LogP contribution < -0.4 is 10.1 Å². The maximum absolute atomic E-state index is 12.8. The molecular weight excluding hydrogens is 418 g/mol. The van der Waals surface area contributed by atoms with Crippen molar-refractivity contribution in [3.8, 4) is 5.75 Å². The number of carbonyl (C=O) groups excluding carboxylic acids is 1. The molecule has 0 radical (unpaired) electrons. The highest BCUT2D eigenvalue weighted by atomic mass is 79.9. The van der Waals surface area contributed by atoms with E-state index in [9.17, 15) is 13.2 Å². The van der Waals surface area contributed by atoms with Crippen LogP contribution in [-0.4, -0.2) is 32.9 Å². The van der Waals surface area contributed by atoms with E-state index in [4.69, 9.17) is 4.74 Å². The molecule has 0 bridgehead atoms. The van der Waals surface area contributed by atoms with E-state index in [-0.39, 0.29) is 18.3 Å². The van der Waals surface area contributed by atoms with Gasteiger partial charge < -0.3 is 10.1 Å². The molecule has 0 saturated heterocycles. The Hall–Kier alpha value is -1.86. The summed E-state index contributed by atoms with van der Waals surface area (Å²) < 4.78 is 28.8. The van der Waals surface area contributed by atoms with Crippen molar-refractivity contribution in [2.75, 3.05) is 23.9 Å². The molecule has 2 aromatic rings. The topological polar surface area (TPSA) is 72.5 Å². The van der Waals surface area contributed by atoms with Gasteiger partial charge in [0, 0.05) is 22.5 Å². The van der Waals surface area contributed by atoms with Gasteiger partial charge >= 0.3 is 0 Å². The molecule has 5 nitrogen and oxygen atoms in total. The average Bonchev–Trinajstić information content (AvgIpc) is 3.36. The first-order valence-corrected chi connectivity index (χ1v) is 11.1. The van der Waals surface area contributed by atoms with E-state index in [2.05, 4.69) is 21.2 Å². The third-order valence-electron chi connectivity index (χ3n) is 4.38. The first-order valence-electron chi connectivity index (χ1n) is 8.27. The second-order valence-electron chi connectivity index (χ2n) is 6.55. The van der Waals surface area contributed by atoms with Crippen LogP contribution in [0.15, 0.2) is 53.0 Å². The lowest BCUT2D eigenvalue weighted by Gasteiger charge is -2.16. The van der Waals surface area contributed by atoms with Crippen molar-refractivity contribution >= 4 is 37.4 Å². The number of ether oxygens (including phenoxy) is 1. The number of rotatable bonds is 7. The van der Waals surface area contributed by atoms with Gasteiger partial charge in [0.15, 0.2) is 9.84 Å². The normalized spacial score (nSPS) is 15.3. The number of carbonyl (C=O) groups is 1. The fourth-order valence-corrected chi connectivity index (χ4v) is 3.57. The van der Waals surface area contributed by atoms with Crippen LogP contribution in [0.25, 0.3) is 0 Å². The number of amides is 1. The number of halogens is 1. The van der Waals surface area contributed by atoms with Gasteiger partial charge in [0.05, 0.1) is 11.2 Å². The summed E-state index contributed by atoms with van der Waals surface area (Å²) in [6.07, 6.45) is 2.81. The van der Waals surface area contributed by atoms with Crippen LogP contribution in [-0.2, 0) is 20.0 Å². The van der Waals surface area contributed by atoms with Crippen molar-refractivity contribution in [3.05, 3.63) is 58.6 Å². The molecule has 1 saturated carbocycles. The summed E-state index contributed by atoms with van der Waals surface area (Å²) in [5.74, 6) is 0.443. The number of nitrogens with one attached hydrogen (secondary N) is 1. The molecule has 1 amide bonds. The Morgan fingerprint density at radius 1 is 1.19 bits per heavy atom. The van der Waals surface area contributed by atoms with Crippen LogP contribution in [0.1, 0.15) is 18.4 Å². The van der Waals surface area contributed by atoms with Crippen molar-refractivity contribution in [2.45, 2.75) is 18.3 Å². The van der Waals surface area contributed by atoms with Gasteiger partial charge in [-0.1, -0.05) is 34.1 Å². The Kier molecular flexibility index (Phi) is 5.39. The lowest BCUT2D eigenvalue weighted by atomic mass is 9.95. The first kappa shape index (κ1) is 18.9. The second kappa shape index (κ2) is 7.40. The summed E-state index contributed by atoms with van der Waals surface area (Å²) in [7, 11) is -3.07. The third-order valence-corrected chi connectivity index (χ3v) is 5.78.